The first-order valence-corrected chi connectivity index (χ1v) is 3.88. The molecular weight excluding hydrogens is 138 g/mol. The molecule has 1 heterocycles. The molecule has 2 heteroatoms. The Morgan fingerprint density at radius 1 is 1.64 bits per heavy atom. The SMILES string of the molecule is Cn1cccc1CCCC=O. The molecule has 0 aliphatic carbocycles. The summed E-state index contributed by atoms with van der Waals surface area (Å²) in [7, 11) is 2.02. The van der Waals surface area contributed by atoms with Crippen molar-refractivity contribution in [2.24, 2.45) is 7.05 Å². The minimum absolute atomic E-state index is 0.672. The number of aryl methyl sites for hydroxylation is 2. The largest absolute Gasteiger partial charge is 0.354 e. The lowest BCUT2D eigenvalue weighted by molar-refractivity contribution is -0.107. The molecule has 60 valence electrons. The summed E-state index contributed by atoms with van der Waals surface area (Å²) in [6.07, 6.45) is 5.63. The van der Waals surface area contributed by atoms with Gasteiger partial charge in [0.1, 0.15) is 6.29 Å². The van der Waals surface area contributed by atoms with E-state index in [-0.39, 0.29) is 0 Å². The quantitative estimate of drug-likeness (QED) is 0.472. The molecule has 0 saturated carbocycles. The Morgan fingerprint density at radius 2 is 2.45 bits per heavy atom. The molecule has 1 aromatic rings. The summed E-state index contributed by atoms with van der Waals surface area (Å²) in [5, 5.41) is 0. The fourth-order valence-electron chi connectivity index (χ4n) is 1.12. The molecule has 0 saturated heterocycles. The van der Waals surface area contributed by atoms with Crippen molar-refractivity contribution in [1.82, 2.24) is 4.57 Å². The molecule has 0 fully saturated rings. The van der Waals surface area contributed by atoms with Crippen molar-refractivity contribution in [3.63, 3.8) is 0 Å². The van der Waals surface area contributed by atoms with E-state index in [1.165, 1.54) is 5.69 Å². The molecule has 11 heavy (non-hydrogen) atoms. The van der Waals surface area contributed by atoms with E-state index in [0.29, 0.717) is 6.42 Å². The fourth-order valence-corrected chi connectivity index (χ4v) is 1.12. The van der Waals surface area contributed by atoms with E-state index in [9.17, 15) is 4.79 Å². The molecule has 0 spiro atoms. The highest BCUT2D eigenvalue weighted by molar-refractivity contribution is 5.49. The van der Waals surface area contributed by atoms with Crippen molar-refractivity contribution >= 4 is 6.29 Å². The fraction of sp³-hybridized carbons (Fsp3) is 0.444. The number of rotatable bonds is 4. The van der Waals surface area contributed by atoms with Gasteiger partial charge in [0.2, 0.25) is 0 Å². The molecule has 0 aliphatic rings. The van der Waals surface area contributed by atoms with Gasteiger partial charge in [-0.25, -0.2) is 0 Å². The van der Waals surface area contributed by atoms with Crippen molar-refractivity contribution in [3.05, 3.63) is 24.0 Å². The number of aldehydes is 1. The van der Waals surface area contributed by atoms with Crippen LogP contribution in [0.15, 0.2) is 18.3 Å². The van der Waals surface area contributed by atoms with E-state index in [4.69, 9.17) is 0 Å². The molecule has 0 unspecified atom stereocenters. The summed E-state index contributed by atoms with van der Waals surface area (Å²) in [5.41, 5.74) is 1.30. The first-order valence-electron chi connectivity index (χ1n) is 3.88. The highest BCUT2D eigenvalue weighted by Crippen LogP contribution is 2.03. The van der Waals surface area contributed by atoms with Crippen LogP contribution in [0.4, 0.5) is 0 Å². The third-order valence-corrected chi connectivity index (χ3v) is 1.81. The predicted molar refractivity (Wildman–Crippen MR) is 44.4 cm³/mol. The van der Waals surface area contributed by atoms with Gasteiger partial charge in [-0.1, -0.05) is 0 Å². The summed E-state index contributed by atoms with van der Waals surface area (Å²) in [4.78, 5) is 10.0. The number of aromatic nitrogens is 1. The maximum absolute atomic E-state index is 10.0. The van der Waals surface area contributed by atoms with E-state index in [1.807, 2.05) is 19.3 Å². The van der Waals surface area contributed by atoms with Gasteiger partial charge < -0.3 is 9.36 Å². The van der Waals surface area contributed by atoms with Crippen molar-refractivity contribution in [2.45, 2.75) is 19.3 Å². The van der Waals surface area contributed by atoms with Gasteiger partial charge in [-0.2, -0.15) is 0 Å². The standard InChI is InChI=1S/C9H13NO/c1-10-7-4-6-9(10)5-2-3-8-11/h4,6-8H,2-3,5H2,1H3. The molecule has 0 N–H and O–H groups in total. The third-order valence-electron chi connectivity index (χ3n) is 1.81. The van der Waals surface area contributed by atoms with E-state index in [0.717, 1.165) is 19.1 Å². The third kappa shape index (κ3) is 2.22. The van der Waals surface area contributed by atoms with Gasteiger partial charge in [0.05, 0.1) is 0 Å². The molecule has 0 atom stereocenters. The second-order valence-corrected chi connectivity index (χ2v) is 2.67. The van der Waals surface area contributed by atoms with Crippen LogP contribution in [0.1, 0.15) is 18.5 Å². The molecule has 0 bridgehead atoms. The van der Waals surface area contributed by atoms with Crippen LogP contribution in [0.3, 0.4) is 0 Å². The summed E-state index contributed by atoms with van der Waals surface area (Å²) >= 11 is 0. The van der Waals surface area contributed by atoms with E-state index >= 15 is 0 Å². The number of carbonyl (C=O) groups excluding carboxylic acids is 1. The average Bonchev–Trinajstić information content (AvgIpc) is 2.37. The normalized spacial score (nSPS) is 9.91. The van der Waals surface area contributed by atoms with Gasteiger partial charge >= 0.3 is 0 Å². The molecule has 0 amide bonds. The van der Waals surface area contributed by atoms with Crippen LogP contribution in [0.5, 0.6) is 0 Å². The second-order valence-electron chi connectivity index (χ2n) is 2.67. The lowest BCUT2D eigenvalue weighted by Crippen LogP contribution is -1.94. The summed E-state index contributed by atoms with van der Waals surface area (Å²) in [6.45, 7) is 0. The molecule has 0 aromatic carbocycles. The van der Waals surface area contributed by atoms with Gasteiger partial charge in [-0.05, 0) is 25.0 Å². The zero-order valence-corrected chi connectivity index (χ0v) is 6.79. The summed E-state index contributed by atoms with van der Waals surface area (Å²) in [6, 6.07) is 4.11. The number of nitrogens with zero attached hydrogens (tertiary/aromatic N) is 1. The van der Waals surface area contributed by atoms with Crippen molar-refractivity contribution < 1.29 is 4.79 Å². The van der Waals surface area contributed by atoms with E-state index in [2.05, 4.69) is 10.6 Å². The van der Waals surface area contributed by atoms with Crippen molar-refractivity contribution in [1.29, 1.82) is 0 Å². The molecular formula is C9H13NO. The Hall–Kier alpha value is -1.05. The van der Waals surface area contributed by atoms with Gasteiger partial charge in [-0.3, -0.25) is 0 Å². The zero-order valence-electron chi connectivity index (χ0n) is 6.79. The van der Waals surface area contributed by atoms with E-state index < -0.39 is 0 Å². The number of hydrogen-bond donors (Lipinski definition) is 0. The number of unbranched alkanes of at least 4 members (excludes halogenated alkanes) is 1. The molecule has 0 radical (unpaired) electrons. The van der Waals surface area contributed by atoms with Crippen molar-refractivity contribution in [3.8, 4) is 0 Å². The Kier molecular flexibility index (Phi) is 2.90. The molecule has 1 rings (SSSR count). The minimum atomic E-state index is 0.672. The Balaban J connectivity index is 2.38. The second kappa shape index (κ2) is 3.96. The van der Waals surface area contributed by atoms with Crippen LogP contribution in [0.25, 0.3) is 0 Å². The van der Waals surface area contributed by atoms with Gasteiger partial charge in [0.15, 0.2) is 0 Å². The van der Waals surface area contributed by atoms with Crippen LogP contribution < -0.4 is 0 Å². The predicted octanol–water partition coefficient (Wildman–Crippen LogP) is 1.55. The minimum Gasteiger partial charge on any atom is -0.354 e. The maximum atomic E-state index is 10.0. The Labute approximate surface area is 66.8 Å². The topological polar surface area (TPSA) is 22.0 Å². The van der Waals surface area contributed by atoms with Gasteiger partial charge in [-0.15, -0.1) is 0 Å². The van der Waals surface area contributed by atoms with Crippen LogP contribution in [0, 0.1) is 0 Å². The van der Waals surface area contributed by atoms with Crippen LogP contribution in [0.2, 0.25) is 0 Å². The number of hydrogen-bond acceptors (Lipinski definition) is 1. The monoisotopic (exact) mass is 151 g/mol. The van der Waals surface area contributed by atoms with Crippen LogP contribution in [-0.2, 0) is 18.3 Å². The lowest BCUT2D eigenvalue weighted by Gasteiger charge is -1.99. The zero-order chi connectivity index (χ0) is 8.10. The summed E-state index contributed by atoms with van der Waals surface area (Å²) < 4.78 is 2.09. The van der Waals surface area contributed by atoms with Gasteiger partial charge in [0, 0.05) is 25.4 Å². The lowest BCUT2D eigenvalue weighted by atomic mass is 10.2. The van der Waals surface area contributed by atoms with Crippen LogP contribution in [-0.4, -0.2) is 10.9 Å². The first-order chi connectivity index (χ1) is 5.34. The smallest absolute Gasteiger partial charge is 0.120 e. The van der Waals surface area contributed by atoms with E-state index in [1.54, 1.807) is 0 Å². The maximum Gasteiger partial charge on any atom is 0.120 e. The van der Waals surface area contributed by atoms with Gasteiger partial charge in [0.25, 0.3) is 0 Å². The Morgan fingerprint density at radius 3 is 3.00 bits per heavy atom. The highest BCUT2D eigenvalue weighted by Gasteiger charge is 1.95. The molecule has 1 aromatic heterocycles. The number of carbonyl (C=O) groups is 1. The average molecular weight is 151 g/mol. The first kappa shape index (κ1) is 8.05. The Bertz CT molecular complexity index is 227. The molecule has 2 nitrogen and oxygen atoms in total. The molecule has 0 aliphatic heterocycles. The van der Waals surface area contributed by atoms with Crippen molar-refractivity contribution in [2.75, 3.05) is 0 Å². The summed E-state index contributed by atoms with van der Waals surface area (Å²) in [5.74, 6) is 0. The van der Waals surface area contributed by atoms with Crippen LogP contribution >= 0.6 is 0 Å². The highest BCUT2D eigenvalue weighted by atomic mass is 16.1.